The number of ether oxygens (including phenoxy) is 2. The van der Waals surface area contributed by atoms with E-state index in [0.717, 1.165) is 57.0 Å². The first-order valence-electron chi connectivity index (χ1n) is 7.40. The van der Waals surface area contributed by atoms with Crippen molar-refractivity contribution in [2.24, 2.45) is 11.8 Å². The van der Waals surface area contributed by atoms with Crippen LogP contribution in [-0.4, -0.2) is 25.3 Å². The van der Waals surface area contributed by atoms with Crippen LogP contribution in [0.1, 0.15) is 58.3 Å². The molecule has 0 aromatic heterocycles. The molecule has 0 unspecified atom stereocenters. The normalized spacial score (nSPS) is 34.8. The number of carbonyl (C=O) groups is 1. The third-order valence-corrected chi connectivity index (χ3v) is 4.83. The van der Waals surface area contributed by atoms with Crippen molar-refractivity contribution < 1.29 is 14.3 Å². The molecular formula is C15H26O3. The van der Waals surface area contributed by atoms with Crippen LogP contribution in [0.5, 0.6) is 0 Å². The minimum atomic E-state index is -0.324. The number of ketones is 1. The molecule has 2 aliphatic rings. The summed E-state index contributed by atoms with van der Waals surface area (Å²) in [6.45, 7) is 2.75. The lowest BCUT2D eigenvalue weighted by Gasteiger charge is -2.41. The van der Waals surface area contributed by atoms with Gasteiger partial charge >= 0.3 is 0 Å². The smallest absolute Gasteiger partial charge is 0.167 e. The fraction of sp³-hybridized carbons (Fsp3) is 0.933. The van der Waals surface area contributed by atoms with E-state index >= 15 is 0 Å². The van der Waals surface area contributed by atoms with Crippen molar-refractivity contribution >= 4 is 5.78 Å². The van der Waals surface area contributed by atoms with Gasteiger partial charge in [0, 0.05) is 39.4 Å². The van der Waals surface area contributed by atoms with E-state index in [1.165, 1.54) is 12.8 Å². The highest BCUT2D eigenvalue weighted by atomic mass is 16.7. The number of carbonyl (C=O) groups excluding carboxylic acids is 1. The fourth-order valence-corrected chi connectivity index (χ4v) is 3.66. The summed E-state index contributed by atoms with van der Waals surface area (Å²) in [5, 5.41) is 0. The molecule has 0 saturated heterocycles. The maximum atomic E-state index is 11.3. The van der Waals surface area contributed by atoms with Gasteiger partial charge in [0.1, 0.15) is 5.78 Å². The molecule has 0 radical (unpaired) electrons. The summed E-state index contributed by atoms with van der Waals surface area (Å²) in [4.78, 5) is 11.3. The Bertz CT molecular complexity index is 269. The van der Waals surface area contributed by atoms with E-state index in [-0.39, 0.29) is 5.79 Å². The van der Waals surface area contributed by atoms with Crippen molar-refractivity contribution in [2.45, 2.75) is 64.1 Å². The maximum absolute atomic E-state index is 11.3. The number of hydrogen-bond donors (Lipinski definition) is 0. The molecule has 0 amide bonds. The van der Waals surface area contributed by atoms with Gasteiger partial charge in [-0.15, -0.1) is 0 Å². The minimum Gasteiger partial charge on any atom is -0.353 e. The Morgan fingerprint density at radius 3 is 2.17 bits per heavy atom. The minimum absolute atomic E-state index is 0.324. The van der Waals surface area contributed by atoms with E-state index < -0.39 is 0 Å². The molecule has 0 aromatic rings. The molecule has 2 rings (SSSR count). The van der Waals surface area contributed by atoms with Gasteiger partial charge in [-0.2, -0.15) is 0 Å². The monoisotopic (exact) mass is 254 g/mol. The van der Waals surface area contributed by atoms with E-state index in [0.29, 0.717) is 5.78 Å². The number of hydrogen-bond acceptors (Lipinski definition) is 3. The summed E-state index contributed by atoms with van der Waals surface area (Å²) in [6.07, 6.45) is 8.22. The Labute approximate surface area is 110 Å². The molecule has 0 atom stereocenters. The first-order chi connectivity index (χ1) is 8.69. The van der Waals surface area contributed by atoms with E-state index in [1.54, 1.807) is 7.11 Å². The van der Waals surface area contributed by atoms with Crippen molar-refractivity contribution in [1.29, 1.82) is 0 Å². The molecule has 104 valence electrons. The first-order valence-corrected chi connectivity index (χ1v) is 7.40. The topological polar surface area (TPSA) is 35.5 Å². The molecule has 18 heavy (non-hydrogen) atoms. The van der Waals surface area contributed by atoms with Gasteiger partial charge in [-0.25, -0.2) is 0 Å². The van der Waals surface area contributed by atoms with Crippen molar-refractivity contribution in [1.82, 2.24) is 0 Å². The Morgan fingerprint density at radius 1 is 1.11 bits per heavy atom. The van der Waals surface area contributed by atoms with Crippen molar-refractivity contribution in [3.05, 3.63) is 0 Å². The lowest BCUT2D eigenvalue weighted by molar-refractivity contribution is -0.242. The SMILES string of the molecule is CCOC1(OC)CCC(C2CCC(=O)CC2)CC1. The summed E-state index contributed by atoms with van der Waals surface area (Å²) in [5.74, 6) is 1.68. The van der Waals surface area contributed by atoms with Crippen LogP contribution in [0.25, 0.3) is 0 Å². The van der Waals surface area contributed by atoms with Gasteiger partial charge in [0.15, 0.2) is 5.79 Å². The van der Waals surface area contributed by atoms with E-state index in [9.17, 15) is 4.79 Å². The summed E-state index contributed by atoms with van der Waals surface area (Å²) in [7, 11) is 1.76. The van der Waals surface area contributed by atoms with Crippen LogP contribution in [0.15, 0.2) is 0 Å². The van der Waals surface area contributed by atoms with Gasteiger partial charge in [0.2, 0.25) is 0 Å². The van der Waals surface area contributed by atoms with Gasteiger partial charge in [-0.05, 0) is 44.4 Å². The Balaban J connectivity index is 1.84. The van der Waals surface area contributed by atoms with Crippen LogP contribution in [0.4, 0.5) is 0 Å². The molecule has 0 bridgehead atoms. The van der Waals surface area contributed by atoms with Crippen LogP contribution in [0.3, 0.4) is 0 Å². The molecule has 3 heteroatoms. The number of Topliss-reactive ketones (excluding diaryl/α,β-unsaturated/α-hetero) is 1. The molecule has 2 aliphatic carbocycles. The van der Waals surface area contributed by atoms with Gasteiger partial charge < -0.3 is 9.47 Å². The molecule has 0 aliphatic heterocycles. The Morgan fingerprint density at radius 2 is 1.67 bits per heavy atom. The summed E-state index contributed by atoms with van der Waals surface area (Å²) < 4.78 is 11.4. The second kappa shape index (κ2) is 6.16. The van der Waals surface area contributed by atoms with Crippen LogP contribution < -0.4 is 0 Å². The third kappa shape index (κ3) is 3.12. The molecule has 0 spiro atoms. The molecule has 2 fully saturated rings. The predicted molar refractivity (Wildman–Crippen MR) is 70.3 cm³/mol. The highest BCUT2D eigenvalue weighted by molar-refractivity contribution is 5.79. The second-order valence-corrected chi connectivity index (χ2v) is 5.76. The average Bonchev–Trinajstić information content (AvgIpc) is 2.41. The largest absolute Gasteiger partial charge is 0.353 e. The van der Waals surface area contributed by atoms with Gasteiger partial charge in [0.05, 0.1) is 0 Å². The predicted octanol–water partition coefficient (Wildman–Crippen LogP) is 3.32. The lowest BCUT2D eigenvalue weighted by atomic mass is 9.72. The zero-order chi connectivity index (χ0) is 13.0. The maximum Gasteiger partial charge on any atom is 0.167 e. The zero-order valence-electron chi connectivity index (χ0n) is 11.7. The van der Waals surface area contributed by atoms with Crippen LogP contribution >= 0.6 is 0 Å². The number of rotatable bonds is 4. The van der Waals surface area contributed by atoms with Gasteiger partial charge in [-0.3, -0.25) is 4.79 Å². The third-order valence-electron chi connectivity index (χ3n) is 4.83. The summed E-state index contributed by atoms with van der Waals surface area (Å²) >= 11 is 0. The Hall–Kier alpha value is -0.410. The zero-order valence-corrected chi connectivity index (χ0v) is 11.7. The van der Waals surface area contributed by atoms with Crippen LogP contribution in [0.2, 0.25) is 0 Å². The lowest BCUT2D eigenvalue weighted by Crippen LogP contribution is -2.40. The molecular weight excluding hydrogens is 228 g/mol. The summed E-state index contributed by atoms with van der Waals surface area (Å²) in [5.41, 5.74) is 0. The standard InChI is InChI=1S/C15H26O3/c1-3-18-15(17-2)10-8-13(9-11-15)12-4-6-14(16)7-5-12/h12-13H,3-11H2,1-2H3. The Kier molecular flexibility index (Phi) is 4.79. The molecule has 2 saturated carbocycles. The number of methoxy groups -OCH3 is 1. The van der Waals surface area contributed by atoms with Crippen molar-refractivity contribution in [3.63, 3.8) is 0 Å². The average molecular weight is 254 g/mol. The second-order valence-electron chi connectivity index (χ2n) is 5.76. The van der Waals surface area contributed by atoms with E-state index in [4.69, 9.17) is 9.47 Å². The van der Waals surface area contributed by atoms with Crippen LogP contribution in [-0.2, 0) is 14.3 Å². The van der Waals surface area contributed by atoms with Crippen molar-refractivity contribution in [2.75, 3.05) is 13.7 Å². The van der Waals surface area contributed by atoms with Gasteiger partial charge in [0.25, 0.3) is 0 Å². The van der Waals surface area contributed by atoms with Gasteiger partial charge in [-0.1, -0.05) is 0 Å². The quantitative estimate of drug-likeness (QED) is 0.722. The fourth-order valence-electron chi connectivity index (χ4n) is 3.66. The van der Waals surface area contributed by atoms with Crippen molar-refractivity contribution in [3.8, 4) is 0 Å². The summed E-state index contributed by atoms with van der Waals surface area (Å²) in [6, 6.07) is 0. The molecule has 0 aromatic carbocycles. The first kappa shape index (κ1) is 14.0. The van der Waals surface area contributed by atoms with E-state index in [2.05, 4.69) is 0 Å². The molecule has 0 heterocycles. The molecule has 3 nitrogen and oxygen atoms in total. The van der Waals surface area contributed by atoms with E-state index in [1.807, 2.05) is 6.92 Å². The molecule has 0 N–H and O–H groups in total. The van der Waals surface area contributed by atoms with Crippen LogP contribution in [0, 0.1) is 11.8 Å². The highest BCUT2D eigenvalue weighted by Gasteiger charge is 2.38. The highest BCUT2D eigenvalue weighted by Crippen LogP contribution is 2.42.